The Balaban J connectivity index is 3.00. The quantitative estimate of drug-likeness (QED) is 0.519. The molecule has 0 aliphatic carbocycles. The van der Waals surface area contributed by atoms with Gasteiger partial charge in [0.2, 0.25) is 0 Å². The Bertz CT molecular complexity index is 119. The third-order valence-electron chi connectivity index (χ3n) is 1.14. The summed E-state index contributed by atoms with van der Waals surface area (Å²) in [7, 11) is 0. The first-order valence-corrected chi connectivity index (χ1v) is 4.52. The number of rotatable bonds is 7. The predicted octanol–water partition coefficient (Wildman–Crippen LogP) is 1.90. The lowest BCUT2D eigenvalue weighted by molar-refractivity contribution is -0.146. The van der Waals surface area contributed by atoms with Crippen LogP contribution in [0.15, 0.2) is 0 Å². The molecule has 0 aromatic carbocycles. The minimum atomic E-state index is -4.13. The number of hydrogen-bond donors (Lipinski definition) is 1. The summed E-state index contributed by atoms with van der Waals surface area (Å²) in [5, 5.41) is 0. The van der Waals surface area contributed by atoms with Crippen molar-refractivity contribution >= 4 is 12.6 Å². The van der Waals surface area contributed by atoms with Gasteiger partial charge in [-0.25, -0.2) is 0 Å². The highest BCUT2D eigenvalue weighted by molar-refractivity contribution is 7.80. The molecule has 0 rings (SSSR count). The van der Waals surface area contributed by atoms with Crippen LogP contribution in [0.1, 0.15) is 6.42 Å². The van der Waals surface area contributed by atoms with Crippen molar-refractivity contribution in [2.24, 2.45) is 0 Å². The summed E-state index contributed by atoms with van der Waals surface area (Å²) in [6.07, 6.45) is -5.04. The molecule has 80 valence electrons. The molecule has 0 aromatic rings. The molecule has 0 N–H and O–H groups in total. The van der Waals surface area contributed by atoms with E-state index < -0.39 is 12.6 Å². The van der Waals surface area contributed by atoms with Gasteiger partial charge in [0.25, 0.3) is 0 Å². The number of thiol groups is 1. The van der Waals surface area contributed by atoms with Crippen molar-refractivity contribution in [2.45, 2.75) is 12.6 Å². The van der Waals surface area contributed by atoms with Gasteiger partial charge in [-0.05, 0) is 0 Å². The Hall–Kier alpha value is 0.0600. The molecule has 0 heterocycles. The molecule has 0 unspecified atom stereocenters. The molecule has 0 radical (unpaired) electrons. The second-order valence-corrected chi connectivity index (χ2v) is 2.76. The zero-order chi connectivity index (χ0) is 10.2. The maximum absolute atomic E-state index is 11.6. The van der Waals surface area contributed by atoms with Crippen molar-refractivity contribution < 1.29 is 22.6 Å². The van der Waals surface area contributed by atoms with E-state index in [0.29, 0.717) is 19.0 Å². The monoisotopic (exact) mass is 218 g/mol. The molecule has 0 aliphatic rings. The van der Waals surface area contributed by atoms with Crippen LogP contribution in [0.2, 0.25) is 0 Å². The molecule has 0 saturated heterocycles. The zero-order valence-corrected chi connectivity index (χ0v) is 8.03. The molecule has 6 heteroatoms. The van der Waals surface area contributed by atoms with Crippen molar-refractivity contribution in [3.63, 3.8) is 0 Å². The first-order valence-electron chi connectivity index (χ1n) is 3.89. The van der Waals surface area contributed by atoms with Crippen LogP contribution in [0.25, 0.3) is 0 Å². The summed E-state index contributed by atoms with van der Waals surface area (Å²) in [6.45, 7) is 0.710. The van der Waals surface area contributed by atoms with E-state index in [0.717, 1.165) is 0 Å². The van der Waals surface area contributed by atoms with Gasteiger partial charge in [-0.1, -0.05) is 0 Å². The fourth-order valence-electron chi connectivity index (χ4n) is 0.574. The average Bonchev–Trinajstić information content (AvgIpc) is 2.01. The van der Waals surface area contributed by atoms with Crippen molar-refractivity contribution in [1.29, 1.82) is 0 Å². The summed E-state index contributed by atoms with van der Waals surface area (Å²) >= 11 is 3.89. The van der Waals surface area contributed by atoms with Gasteiger partial charge in [0.15, 0.2) is 0 Å². The van der Waals surface area contributed by atoms with Gasteiger partial charge in [0, 0.05) is 5.75 Å². The van der Waals surface area contributed by atoms with Gasteiger partial charge >= 0.3 is 6.18 Å². The molecule has 0 fully saturated rings. The van der Waals surface area contributed by atoms with Gasteiger partial charge in [0.1, 0.15) is 0 Å². The topological polar surface area (TPSA) is 18.5 Å². The Morgan fingerprint density at radius 2 is 1.46 bits per heavy atom. The number of ether oxygens (including phenoxy) is 2. The standard InChI is InChI=1S/C7H13F3O2S/c8-7(9,10)1-2-11-3-4-12-5-6-13/h13H,1-6H2. The van der Waals surface area contributed by atoms with Crippen LogP contribution >= 0.6 is 12.6 Å². The van der Waals surface area contributed by atoms with Crippen molar-refractivity contribution in [3.8, 4) is 0 Å². The molecule has 0 bridgehead atoms. The van der Waals surface area contributed by atoms with Crippen LogP contribution in [0.3, 0.4) is 0 Å². The van der Waals surface area contributed by atoms with Gasteiger partial charge in [-0.2, -0.15) is 25.8 Å². The SMILES string of the molecule is FC(F)(F)CCOCCOCCS. The number of halogens is 3. The highest BCUT2D eigenvalue weighted by atomic mass is 32.1. The molecule has 0 aliphatic heterocycles. The summed E-state index contributed by atoms with van der Waals surface area (Å²) in [5.74, 6) is 0.600. The lowest BCUT2D eigenvalue weighted by atomic mass is 10.4. The molecule has 0 amide bonds. The Morgan fingerprint density at radius 3 is 1.92 bits per heavy atom. The van der Waals surface area contributed by atoms with Crippen LogP contribution in [0.4, 0.5) is 13.2 Å². The smallest absolute Gasteiger partial charge is 0.379 e. The molecule has 0 atom stereocenters. The van der Waals surface area contributed by atoms with Gasteiger partial charge in [-0.3, -0.25) is 0 Å². The third kappa shape index (κ3) is 12.1. The minimum absolute atomic E-state index is 0.198. The first kappa shape index (κ1) is 13.1. The van der Waals surface area contributed by atoms with E-state index in [4.69, 9.17) is 4.74 Å². The number of alkyl halides is 3. The molecule has 0 spiro atoms. The maximum Gasteiger partial charge on any atom is 0.391 e. The second-order valence-electron chi connectivity index (χ2n) is 2.31. The molecule has 13 heavy (non-hydrogen) atoms. The summed E-state index contributed by atoms with van der Waals surface area (Å²) in [5.41, 5.74) is 0. The van der Waals surface area contributed by atoms with E-state index in [2.05, 4.69) is 17.4 Å². The molecule has 0 saturated carbocycles. The van der Waals surface area contributed by atoms with E-state index in [1.807, 2.05) is 0 Å². The van der Waals surface area contributed by atoms with Crippen LogP contribution in [0, 0.1) is 0 Å². The zero-order valence-electron chi connectivity index (χ0n) is 7.14. The van der Waals surface area contributed by atoms with Gasteiger partial charge < -0.3 is 9.47 Å². The Labute approximate surface area is 80.8 Å². The predicted molar refractivity (Wildman–Crippen MR) is 46.2 cm³/mol. The highest BCUT2D eigenvalue weighted by Crippen LogP contribution is 2.18. The average molecular weight is 218 g/mol. The van der Waals surface area contributed by atoms with Gasteiger partial charge in [0.05, 0.1) is 32.8 Å². The summed E-state index contributed by atoms with van der Waals surface area (Å²) in [6, 6.07) is 0. The van der Waals surface area contributed by atoms with E-state index in [9.17, 15) is 13.2 Å². The van der Waals surface area contributed by atoms with Crippen molar-refractivity contribution in [1.82, 2.24) is 0 Å². The largest absolute Gasteiger partial charge is 0.391 e. The molecule has 2 nitrogen and oxygen atoms in total. The van der Waals surface area contributed by atoms with Crippen LogP contribution in [0.5, 0.6) is 0 Å². The van der Waals surface area contributed by atoms with E-state index in [-0.39, 0.29) is 13.2 Å². The maximum atomic E-state index is 11.6. The fraction of sp³-hybridized carbons (Fsp3) is 1.00. The first-order chi connectivity index (χ1) is 6.06. The minimum Gasteiger partial charge on any atom is -0.379 e. The highest BCUT2D eigenvalue weighted by Gasteiger charge is 2.26. The van der Waals surface area contributed by atoms with E-state index in [1.165, 1.54) is 0 Å². The van der Waals surface area contributed by atoms with E-state index in [1.54, 1.807) is 0 Å². The summed E-state index contributed by atoms with van der Waals surface area (Å²) in [4.78, 5) is 0. The Morgan fingerprint density at radius 1 is 0.923 bits per heavy atom. The van der Waals surface area contributed by atoms with Crippen molar-refractivity contribution in [2.75, 3.05) is 32.2 Å². The molecular weight excluding hydrogens is 205 g/mol. The van der Waals surface area contributed by atoms with Gasteiger partial charge in [-0.15, -0.1) is 0 Å². The number of hydrogen-bond acceptors (Lipinski definition) is 3. The fourth-order valence-corrected chi connectivity index (χ4v) is 0.704. The molecule has 0 aromatic heterocycles. The molecular formula is C7H13F3O2S. The second kappa shape index (κ2) is 7.46. The van der Waals surface area contributed by atoms with Crippen LogP contribution in [-0.4, -0.2) is 38.4 Å². The normalized spacial score (nSPS) is 12.0. The van der Waals surface area contributed by atoms with Crippen LogP contribution < -0.4 is 0 Å². The Kier molecular flexibility index (Phi) is 7.50. The summed E-state index contributed by atoms with van der Waals surface area (Å²) < 4.78 is 44.3. The van der Waals surface area contributed by atoms with E-state index >= 15 is 0 Å². The van der Waals surface area contributed by atoms with Crippen LogP contribution in [-0.2, 0) is 9.47 Å². The van der Waals surface area contributed by atoms with Crippen molar-refractivity contribution in [3.05, 3.63) is 0 Å². The lowest BCUT2D eigenvalue weighted by Gasteiger charge is -2.07. The third-order valence-corrected chi connectivity index (χ3v) is 1.32. The lowest BCUT2D eigenvalue weighted by Crippen LogP contribution is -2.13.